The SMILES string of the molecule is O=C(C=Cc1ccc(Cl)s1)NC1CCC(=O)NC1=O. The molecule has 0 saturated carbocycles. The Kier molecular flexibility index (Phi) is 4.34. The van der Waals surface area contributed by atoms with Crippen LogP contribution in [-0.4, -0.2) is 23.8 Å². The third kappa shape index (κ3) is 3.90. The second-order valence-electron chi connectivity index (χ2n) is 3.99. The summed E-state index contributed by atoms with van der Waals surface area (Å²) in [5.74, 6) is -1.14. The van der Waals surface area contributed by atoms with Crippen LogP contribution in [0.25, 0.3) is 6.08 Å². The number of carbonyl (C=O) groups is 3. The van der Waals surface area contributed by atoms with E-state index in [4.69, 9.17) is 11.6 Å². The fourth-order valence-corrected chi connectivity index (χ4v) is 2.59. The first-order valence-corrected chi connectivity index (χ1v) is 6.81. The molecular formula is C12H11ClN2O3S. The number of amides is 3. The molecule has 19 heavy (non-hydrogen) atoms. The number of hydrogen-bond acceptors (Lipinski definition) is 4. The van der Waals surface area contributed by atoms with Gasteiger partial charge in [-0.15, -0.1) is 11.3 Å². The highest BCUT2D eigenvalue weighted by Gasteiger charge is 2.27. The maximum Gasteiger partial charge on any atom is 0.249 e. The zero-order valence-electron chi connectivity index (χ0n) is 9.81. The van der Waals surface area contributed by atoms with Gasteiger partial charge in [0.25, 0.3) is 0 Å². The monoisotopic (exact) mass is 298 g/mol. The van der Waals surface area contributed by atoms with Gasteiger partial charge in [0.15, 0.2) is 0 Å². The summed E-state index contributed by atoms with van der Waals surface area (Å²) in [6.45, 7) is 0. The minimum atomic E-state index is -0.651. The molecule has 2 heterocycles. The second kappa shape index (κ2) is 5.99. The van der Waals surface area contributed by atoms with Crippen LogP contribution in [-0.2, 0) is 14.4 Å². The van der Waals surface area contributed by atoms with Gasteiger partial charge in [-0.1, -0.05) is 11.6 Å². The highest BCUT2D eigenvalue weighted by atomic mass is 35.5. The topological polar surface area (TPSA) is 75.3 Å². The largest absolute Gasteiger partial charge is 0.341 e. The van der Waals surface area contributed by atoms with Gasteiger partial charge in [-0.2, -0.15) is 0 Å². The molecule has 0 radical (unpaired) electrons. The molecule has 1 saturated heterocycles. The Morgan fingerprint density at radius 3 is 2.89 bits per heavy atom. The van der Waals surface area contributed by atoms with Gasteiger partial charge in [-0.3, -0.25) is 19.7 Å². The fourth-order valence-electron chi connectivity index (χ4n) is 1.63. The molecule has 1 unspecified atom stereocenters. The molecule has 5 nitrogen and oxygen atoms in total. The zero-order chi connectivity index (χ0) is 13.8. The molecule has 1 aliphatic rings. The summed E-state index contributed by atoms with van der Waals surface area (Å²) < 4.78 is 0.644. The standard InChI is InChI=1S/C12H11ClN2O3S/c13-9-4-1-7(19-9)2-5-10(16)14-8-3-6-11(17)15-12(8)18/h1-2,4-5,8H,3,6H2,(H,14,16)(H,15,17,18). The Balaban J connectivity index is 1.89. The van der Waals surface area contributed by atoms with E-state index in [2.05, 4.69) is 10.6 Å². The van der Waals surface area contributed by atoms with Crippen molar-refractivity contribution in [2.45, 2.75) is 18.9 Å². The summed E-state index contributed by atoms with van der Waals surface area (Å²) in [6, 6.07) is 2.88. The molecule has 0 bridgehead atoms. The number of hydrogen-bond donors (Lipinski definition) is 2. The Labute approximate surface area is 118 Å². The van der Waals surface area contributed by atoms with Crippen LogP contribution in [0.5, 0.6) is 0 Å². The highest BCUT2D eigenvalue weighted by molar-refractivity contribution is 7.17. The molecule has 7 heteroatoms. The smallest absolute Gasteiger partial charge is 0.249 e. The van der Waals surface area contributed by atoms with E-state index >= 15 is 0 Å². The van der Waals surface area contributed by atoms with Crippen molar-refractivity contribution in [3.05, 3.63) is 27.4 Å². The van der Waals surface area contributed by atoms with Crippen molar-refractivity contribution in [1.82, 2.24) is 10.6 Å². The normalized spacial score (nSPS) is 19.5. The molecule has 2 N–H and O–H groups in total. The van der Waals surface area contributed by atoms with Crippen LogP contribution in [0.2, 0.25) is 4.34 Å². The van der Waals surface area contributed by atoms with Gasteiger partial charge in [0.05, 0.1) is 4.34 Å². The lowest BCUT2D eigenvalue weighted by molar-refractivity contribution is -0.136. The van der Waals surface area contributed by atoms with Gasteiger partial charge in [0.1, 0.15) is 6.04 Å². The first kappa shape index (κ1) is 13.8. The van der Waals surface area contributed by atoms with Gasteiger partial charge in [0.2, 0.25) is 17.7 Å². The molecule has 2 rings (SSSR count). The number of rotatable bonds is 3. The van der Waals surface area contributed by atoms with Crippen LogP contribution in [0.15, 0.2) is 18.2 Å². The molecule has 1 aliphatic heterocycles. The van der Waals surface area contributed by atoms with Gasteiger partial charge >= 0.3 is 0 Å². The summed E-state index contributed by atoms with van der Waals surface area (Å²) in [7, 11) is 0. The first-order chi connectivity index (χ1) is 9.04. The van der Waals surface area contributed by atoms with Gasteiger partial charge in [-0.25, -0.2) is 0 Å². The maximum absolute atomic E-state index is 11.6. The lowest BCUT2D eigenvalue weighted by Gasteiger charge is -2.20. The van der Waals surface area contributed by atoms with Crippen molar-refractivity contribution in [2.24, 2.45) is 0 Å². The quantitative estimate of drug-likeness (QED) is 0.653. The lowest BCUT2D eigenvalue weighted by Crippen LogP contribution is -2.51. The van der Waals surface area contributed by atoms with E-state index in [0.29, 0.717) is 10.8 Å². The van der Waals surface area contributed by atoms with Gasteiger partial charge in [0, 0.05) is 17.4 Å². The molecule has 3 amide bonds. The molecule has 0 spiro atoms. The maximum atomic E-state index is 11.6. The number of carbonyl (C=O) groups excluding carboxylic acids is 3. The average molecular weight is 299 g/mol. The van der Waals surface area contributed by atoms with Gasteiger partial charge in [-0.05, 0) is 24.6 Å². The average Bonchev–Trinajstić information content (AvgIpc) is 2.76. The van der Waals surface area contributed by atoms with Crippen molar-refractivity contribution in [2.75, 3.05) is 0 Å². The van der Waals surface area contributed by atoms with E-state index in [-0.39, 0.29) is 18.2 Å². The summed E-state index contributed by atoms with van der Waals surface area (Å²) >= 11 is 7.11. The minimum Gasteiger partial charge on any atom is -0.341 e. The van der Waals surface area contributed by atoms with Crippen molar-refractivity contribution in [1.29, 1.82) is 0 Å². The predicted octanol–water partition coefficient (Wildman–Crippen LogP) is 1.34. The predicted molar refractivity (Wildman–Crippen MR) is 72.7 cm³/mol. The molecule has 1 atom stereocenters. The molecule has 1 aromatic heterocycles. The lowest BCUT2D eigenvalue weighted by atomic mass is 10.1. The Bertz CT molecular complexity index is 553. The van der Waals surface area contributed by atoms with Crippen molar-refractivity contribution in [3.8, 4) is 0 Å². The number of imide groups is 1. The van der Waals surface area contributed by atoms with Crippen LogP contribution in [0.3, 0.4) is 0 Å². The van der Waals surface area contributed by atoms with E-state index < -0.39 is 11.9 Å². The molecule has 1 aromatic rings. The third-order valence-corrected chi connectivity index (χ3v) is 3.75. The number of nitrogens with one attached hydrogen (secondary N) is 2. The van der Waals surface area contributed by atoms with E-state index in [0.717, 1.165) is 4.88 Å². The van der Waals surface area contributed by atoms with Crippen LogP contribution < -0.4 is 10.6 Å². The summed E-state index contributed by atoms with van der Waals surface area (Å²) in [5.41, 5.74) is 0. The molecule has 1 fully saturated rings. The van der Waals surface area contributed by atoms with E-state index in [1.807, 2.05) is 0 Å². The van der Waals surface area contributed by atoms with E-state index in [1.165, 1.54) is 17.4 Å². The van der Waals surface area contributed by atoms with Gasteiger partial charge < -0.3 is 5.32 Å². The third-order valence-electron chi connectivity index (χ3n) is 2.55. The van der Waals surface area contributed by atoms with Crippen molar-refractivity contribution < 1.29 is 14.4 Å². The van der Waals surface area contributed by atoms with E-state index in [1.54, 1.807) is 18.2 Å². The highest BCUT2D eigenvalue weighted by Crippen LogP contribution is 2.22. The summed E-state index contributed by atoms with van der Waals surface area (Å²) in [5, 5.41) is 4.73. The zero-order valence-corrected chi connectivity index (χ0v) is 11.4. The van der Waals surface area contributed by atoms with Crippen molar-refractivity contribution in [3.63, 3.8) is 0 Å². The van der Waals surface area contributed by atoms with Crippen LogP contribution >= 0.6 is 22.9 Å². The molecule has 100 valence electrons. The molecule has 0 aromatic carbocycles. The Morgan fingerprint density at radius 1 is 1.47 bits per heavy atom. The first-order valence-electron chi connectivity index (χ1n) is 5.62. The van der Waals surface area contributed by atoms with Crippen LogP contribution in [0.4, 0.5) is 0 Å². The summed E-state index contributed by atoms with van der Waals surface area (Å²) in [6.07, 6.45) is 3.53. The number of piperidine rings is 1. The van der Waals surface area contributed by atoms with Crippen LogP contribution in [0, 0.1) is 0 Å². The Morgan fingerprint density at radius 2 is 2.26 bits per heavy atom. The van der Waals surface area contributed by atoms with E-state index in [9.17, 15) is 14.4 Å². The Hall–Kier alpha value is -1.66. The number of halogens is 1. The minimum absolute atomic E-state index is 0.237. The van der Waals surface area contributed by atoms with Crippen LogP contribution in [0.1, 0.15) is 17.7 Å². The summed E-state index contributed by atoms with van der Waals surface area (Å²) in [4.78, 5) is 34.9. The molecular weight excluding hydrogens is 288 g/mol. The second-order valence-corrected chi connectivity index (χ2v) is 5.73. The number of thiophene rings is 1. The van der Waals surface area contributed by atoms with Crippen molar-refractivity contribution >= 4 is 46.7 Å². The fraction of sp³-hybridized carbons (Fsp3) is 0.250. The molecule has 0 aliphatic carbocycles.